The average molecular weight is 351 g/mol. The fourth-order valence-corrected chi connectivity index (χ4v) is 2.71. The minimum atomic E-state index is 0.000162. The van der Waals surface area contributed by atoms with Gasteiger partial charge in [-0.1, -0.05) is 0 Å². The Morgan fingerprint density at radius 1 is 1.44 bits per heavy atom. The molecule has 0 saturated heterocycles. The van der Waals surface area contributed by atoms with Gasteiger partial charge in [-0.25, -0.2) is 0 Å². The summed E-state index contributed by atoms with van der Waals surface area (Å²) in [5.74, 6) is 1.10. The van der Waals surface area contributed by atoms with E-state index in [4.69, 9.17) is 10.5 Å². The van der Waals surface area contributed by atoms with Crippen molar-refractivity contribution in [2.24, 2.45) is 11.7 Å². The number of ether oxygens (including phenoxy) is 1. The van der Waals surface area contributed by atoms with Crippen LogP contribution in [-0.2, 0) is 0 Å². The Bertz CT molecular complexity index is 419. The fraction of sp³-hybridized carbons (Fsp3) is 0.455. The van der Waals surface area contributed by atoms with Gasteiger partial charge < -0.3 is 15.6 Å². The molecule has 0 bridgehead atoms. The van der Waals surface area contributed by atoms with Gasteiger partial charge in [-0.05, 0) is 62.2 Å². The molecule has 0 radical (unpaired) electrons. The average Bonchev–Trinajstić information content (AvgIpc) is 3.09. The second kappa shape index (κ2) is 4.55. The molecule has 0 aromatic heterocycles. The molecule has 16 heavy (non-hydrogen) atoms. The SMILES string of the molecule is COc1cc([C@@H](N)C2CC2)c(Br)c(Br)c1O. The summed E-state index contributed by atoms with van der Waals surface area (Å²) in [6.45, 7) is 0. The number of rotatable bonds is 3. The highest BCUT2D eigenvalue weighted by Crippen LogP contribution is 2.47. The van der Waals surface area contributed by atoms with Crippen molar-refractivity contribution in [2.45, 2.75) is 18.9 Å². The van der Waals surface area contributed by atoms with Crippen LogP contribution in [0.3, 0.4) is 0 Å². The number of phenols is 1. The van der Waals surface area contributed by atoms with Crippen LogP contribution in [0.4, 0.5) is 0 Å². The zero-order valence-corrected chi connectivity index (χ0v) is 12.0. The Morgan fingerprint density at radius 3 is 2.56 bits per heavy atom. The van der Waals surface area contributed by atoms with Crippen LogP contribution in [0, 0.1) is 5.92 Å². The molecule has 2 rings (SSSR count). The summed E-state index contributed by atoms with van der Waals surface area (Å²) in [6, 6.07) is 1.80. The second-order valence-electron chi connectivity index (χ2n) is 4.01. The Balaban J connectivity index is 2.47. The maximum absolute atomic E-state index is 9.80. The van der Waals surface area contributed by atoms with E-state index < -0.39 is 0 Å². The van der Waals surface area contributed by atoms with Gasteiger partial charge in [0.1, 0.15) is 0 Å². The standard InChI is InChI=1S/C11H13Br2NO2/c1-16-7-4-6(10(14)5-2-3-5)8(12)9(13)11(7)15/h4-5,10,15H,2-3,14H2,1H3/t10-/m0/s1. The summed E-state index contributed by atoms with van der Waals surface area (Å²) in [5.41, 5.74) is 7.13. The number of halogens is 2. The number of methoxy groups -OCH3 is 1. The van der Waals surface area contributed by atoms with E-state index >= 15 is 0 Å². The first-order chi connectivity index (χ1) is 7.56. The van der Waals surface area contributed by atoms with Crippen molar-refractivity contribution in [2.75, 3.05) is 7.11 Å². The lowest BCUT2D eigenvalue weighted by atomic mass is 10.0. The fourth-order valence-electron chi connectivity index (χ4n) is 1.72. The quantitative estimate of drug-likeness (QED) is 0.879. The van der Waals surface area contributed by atoms with E-state index in [9.17, 15) is 5.11 Å². The van der Waals surface area contributed by atoms with Gasteiger partial charge in [0.25, 0.3) is 0 Å². The van der Waals surface area contributed by atoms with Crippen LogP contribution >= 0.6 is 31.9 Å². The van der Waals surface area contributed by atoms with Gasteiger partial charge in [0.05, 0.1) is 11.6 Å². The van der Waals surface area contributed by atoms with Gasteiger partial charge in [-0.15, -0.1) is 0 Å². The monoisotopic (exact) mass is 349 g/mol. The van der Waals surface area contributed by atoms with E-state index in [0.717, 1.165) is 10.0 Å². The molecule has 0 unspecified atom stereocenters. The highest BCUT2D eigenvalue weighted by molar-refractivity contribution is 9.13. The summed E-state index contributed by atoms with van der Waals surface area (Å²) in [5, 5.41) is 9.80. The maximum Gasteiger partial charge on any atom is 0.173 e. The smallest absolute Gasteiger partial charge is 0.173 e. The predicted octanol–water partition coefficient (Wildman–Crippen LogP) is 3.34. The van der Waals surface area contributed by atoms with E-state index in [0.29, 0.717) is 16.1 Å². The minimum Gasteiger partial charge on any atom is -0.503 e. The summed E-state index contributed by atoms with van der Waals surface area (Å²) in [6.07, 6.45) is 2.35. The number of aromatic hydroxyl groups is 1. The van der Waals surface area contributed by atoms with Crippen LogP contribution in [0.25, 0.3) is 0 Å². The van der Waals surface area contributed by atoms with Crippen LogP contribution in [0.1, 0.15) is 24.4 Å². The zero-order valence-electron chi connectivity index (χ0n) is 8.84. The first kappa shape index (κ1) is 12.2. The highest BCUT2D eigenvalue weighted by Gasteiger charge is 2.32. The Hall–Kier alpha value is -0.260. The molecule has 1 aliphatic carbocycles. The molecule has 3 N–H and O–H groups in total. The van der Waals surface area contributed by atoms with Gasteiger partial charge in [0.2, 0.25) is 0 Å². The molecule has 88 valence electrons. The first-order valence-electron chi connectivity index (χ1n) is 5.06. The van der Waals surface area contributed by atoms with E-state index in [1.165, 1.54) is 20.0 Å². The molecule has 1 aromatic rings. The van der Waals surface area contributed by atoms with E-state index in [1.54, 1.807) is 6.07 Å². The molecule has 0 spiro atoms. The number of phenolic OH excluding ortho intramolecular Hbond substituents is 1. The molecule has 1 saturated carbocycles. The Labute approximate surface area is 111 Å². The third-order valence-electron chi connectivity index (χ3n) is 2.88. The van der Waals surface area contributed by atoms with Gasteiger partial charge in [0.15, 0.2) is 11.5 Å². The van der Waals surface area contributed by atoms with Crippen molar-refractivity contribution in [1.82, 2.24) is 0 Å². The minimum absolute atomic E-state index is 0.000162. The normalized spacial score (nSPS) is 17.2. The molecule has 0 amide bonds. The number of nitrogens with two attached hydrogens (primary N) is 1. The van der Waals surface area contributed by atoms with Gasteiger partial charge in [0, 0.05) is 10.5 Å². The zero-order chi connectivity index (χ0) is 11.9. The van der Waals surface area contributed by atoms with Crippen molar-refractivity contribution in [3.8, 4) is 11.5 Å². The number of hydrogen-bond acceptors (Lipinski definition) is 3. The molecule has 0 heterocycles. The van der Waals surface area contributed by atoms with Gasteiger partial charge in [-0.3, -0.25) is 0 Å². The van der Waals surface area contributed by atoms with Crippen molar-refractivity contribution in [3.63, 3.8) is 0 Å². The third-order valence-corrected chi connectivity index (χ3v) is 5.04. The van der Waals surface area contributed by atoms with Crippen molar-refractivity contribution >= 4 is 31.9 Å². The Kier molecular flexibility index (Phi) is 3.47. The summed E-state index contributed by atoms with van der Waals surface area (Å²) in [7, 11) is 1.53. The van der Waals surface area contributed by atoms with Gasteiger partial charge in [-0.2, -0.15) is 0 Å². The first-order valence-corrected chi connectivity index (χ1v) is 6.65. The molecule has 1 aromatic carbocycles. The van der Waals surface area contributed by atoms with Crippen LogP contribution in [0.5, 0.6) is 11.5 Å². The van der Waals surface area contributed by atoms with Crippen molar-refractivity contribution in [3.05, 3.63) is 20.6 Å². The predicted molar refractivity (Wildman–Crippen MR) is 69.7 cm³/mol. The Morgan fingerprint density at radius 2 is 2.06 bits per heavy atom. The van der Waals surface area contributed by atoms with E-state index in [2.05, 4.69) is 31.9 Å². The van der Waals surface area contributed by atoms with Crippen molar-refractivity contribution in [1.29, 1.82) is 0 Å². The summed E-state index contributed by atoms with van der Waals surface area (Å²) in [4.78, 5) is 0. The van der Waals surface area contributed by atoms with Gasteiger partial charge >= 0.3 is 0 Å². The van der Waals surface area contributed by atoms with E-state index in [-0.39, 0.29) is 11.8 Å². The molecular weight excluding hydrogens is 338 g/mol. The second-order valence-corrected chi connectivity index (χ2v) is 5.59. The largest absolute Gasteiger partial charge is 0.503 e. The van der Waals surface area contributed by atoms with Crippen LogP contribution in [0.2, 0.25) is 0 Å². The highest BCUT2D eigenvalue weighted by atomic mass is 79.9. The molecule has 3 nitrogen and oxygen atoms in total. The van der Waals surface area contributed by atoms with Crippen molar-refractivity contribution < 1.29 is 9.84 Å². The third kappa shape index (κ3) is 2.08. The lowest BCUT2D eigenvalue weighted by Gasteiger charge is -2.17. The lowest BCUT2D eigenvalue weighted by molar-refractivity contribution is 0.370. The van der Waals surface area contributed by atoms with Crippen LogP contribution in [0.15, 0.2) is 15.0 Å². The molecule has 5 heteroatoms. The molecule has 0 aliphatic heterocycles. The maximum atomic E-state index is 9.80. The summed E-state index contributed by atoms with van der Waals surface area (Å²) >= 11 is 6.78. The number of hydrogen-bond donors (Lipinski definition) is 2. The van der Waals surface area contributed by atoms with Crippen LogP contribution in [-0.4, -0.2) is 12.2 Å². The topological polar surface area (TPSA) is 55.5 Å². The van der Waals surface area contributed by atoms with Crippen LogP contribution < -0.4 is 10.5 Å². The molecule has 1 fully saturated rings. The molecular formula is C11H13Br2NO2. The molecule has 1 atom stereocenters. The lowest BCUT2D eigenvalue weighted by Crippen LogP contribution is -2.13. The molecule has 1 aliphatic rings. The summed E-state index contributed by atoms with van der Waals surface area (Å²) < 4.78 is 6.52. The van der Waals surface area contributed by atoms with E-state index in [1.807, 2.05) is 0 Å². The number of benzene rings is 1.